The molecule has 4 atom stereocenters. The molecule has 0 unspecified atom stereocenters. The second-order valence-electron chi connectivity index (χ2n) is 2.43. The van der Waals surface area contributed by atoms with E-state index in [1.807, 2.05) is 0 Å². The molecule has 0 bridgehead atoms. The molecule has 5 N–H and O–H groups in total. The maximum Gasteiger partial charge on any atom is 0.111 e. The Morgan fingerprint density at radius 2 is 1.60 bits per heavy atom. The predicted molar refractivity (Wildman–Crippen MR) is 35.1 cm³/mol. The molecule has 0 spiro atoms. The van der Waals surface area contributed by atoms with E-state index < -0.39 is 24.4 Å². The van der Waals surface area contributed by atoms with Crippen molar-refractivity contribution in [2.45, 2.75) is 24.4 Å². The fraction of sp³-hybridized carbons (Fsp3) is 0.667. The Balaban J connectivity index is 2.69. The molecule has 0 saturated carbocycles. The van der Waals surface area contributed by atoms with Crippen LogP contribution >= 0.6 is 0 Å². The Kier molecular flexibility index (Phi) is 2.05. The first-order chi connectivity index (χ1) is 4.63. The lowest BCUT2D eigenvalue weighted by atomic mass is 9.95. The minimum absolute atomic E-state index is 0.571. The van der Waals surface area contributed by atoms with Crippen molar-refractivity contribution in [3.63, 3.8) is 0 Å². The van der Waals surface area contributed by atoms with Crippen LogP contribution < -0.4 is 5.73 Å². The number of aliphatic hydroxyl groups excluding tert-OH is 3. The number of aliphatic hydroxyl groups is 3. The summed E-state index contributed by atoms with van der Waals surface area (Å²) >= 11 is 0. The zero-order valence-electron chi connectivity index (χ0n) is 5.38. The SMILES string of the molecule is N[C@H]1C=C[C@@H](O)[C@H](O)[C@@H]1O. The van der Waals surface area contributed by atoms with E-state index >= 15 is 0 Å². The summed E-state index contributed by atoms with van der Waals surface area (Å²) < 4.78 is 0. The van der Waals surface area contributed by atoms with Crippen molar-refractivity contribution in [2.75, 3.05) is 0 Å². The number of rotatable bonds is 0. The Hall–Kier alpha value is -0.420. The summed E-state index contributed by atoms with van der Waals surface area (Å²) in [4.78, 5) is 0. The van der Waals surface area contributed by atoms with Gasteiger partial charge >= 0.3 is 0 Å². The Labute approximate surface area is 58.6 Å². The lowest BCUT2D eigenvalue weighted by Gasteiger charge is -2.28. The van der Waals surface area contributed by atoms with Crippen molar-refractivity contribution < 1.29 is 15.3 Å². The molecule has 4 heteroatoms. The fourth-order valence-corrected chi connectivity index (χ4v) is 0.900. The monoisotopic (exact) mass is 145 g/mol. The van der Waals surface area contributed by atoms with Gasteiger partial charge in [-0.05, 0) is 0 Å². The van der Waals surface area contributed by atoms with Crippen LogP contribution in [0.15, 0.2) is 12.2 Å². The summed E-state index contributed by atoms with van der Waals surface area (Å²) in [5.41, 5.74) is 5.32. The van der Waals surface area contributed by atoms with Crippen LogP contribution in [0, 0.1) is 0 Å². The van der Waals surface area contributed by atoms with E-state index in [0.29, 0.717) is 0 Å². The van der Waals surface area contributed by atoms with Crippen molar-refractivity contribution in [3.8, 4) is 0 Å². The van der Waals surface area contributed by atoms with Gasteiger partial charge in [-0.2, -0.15) is 0 Å². The Bertz CT molecular complexity index is 132. The number of hydrogen-bond acceptors (Lipinski definition) is 4. The second kappa shape index (κ2) is 2.67. The summed E-state index contributed by atoms with van der Waals surface area (Å²) in [5.74, 6) is 0. The molecule has 0 heterocycles. The van der Waals surface area contributed by atoms with Gasteiger partial charge in [-0.15, -0.1) is 0 Å². The molecule has 0 aromatic carbocycles. The van der Waals surface area contributed by atoms with Gasteiger partial charge in [-0.1, -0.05) is 12.2 Å². The first-order valence-corrected chi connectivity index (χ1v) is 3.11. The van der Waals surface area contributed by atoms with Gasteiger partial charge in [-0.25, -0.2) is 0 Å². The maximum atomic E-state index is 9.03. The van der Waals surface area contributed by atoms with Gasteiger partial charge in [-0.3, -0.25) is 0 Å². The molecule has 1 aliphatic rings. The van der Waals surface area contributed by atoms with Gasteiger partial charge < -0.3 is 21.1 Å². The van der Waals surface area contributed by atoms with Crippen molar-refractivity contribution in [1.29, 1.82) is 0 Å². The van der Waals surface area contributed by atoms with Gasteiger partial charge in [0.15, 0.2) is 0 Å². The lowest BCUT2D eigenvalue weighted by Crippen LogP contribution is -2.49. The molecule has 0 radical (unpaired) electrons. The zero-order valence-corrected chi connectivity index (χ0v) is 5.38. The third kappa shape index (κ3) is 1.19. The molecule has 0 fully saturated rings. The van der Waals surface area contributed by atoms with Gasteiger partial charge in [0.25, 0.3) is 0 Å². The Morgan fingerprint density at radius 1 is 1.00 bits per heavy atom. The lowest BCUT2D eigenvalue weighted by molar-refractivity contribution is -0.0518. The van der Waals surface area contributed by atoms with Gasteiger partial charge in [0, 0.05) is 0 Å². The van der Waals surface area contributed by atoms with Crippen LogP contribution in [-0.4, -0.2) is 39.7 Å². The normalized spacial score (nSPS) is 47.6. The average molecular weight is 145 g/mol. The summed E-state index contributed by atoms with van der Waals surface area (Å²) in [5, 5.41) is 26.9. The molecule has 4 nitrogen and oxygen atoms in total. The first-order valence-electron chi connectivity index (χ1n) is 3.11. The van der Waals surface area contributed by atoms with Crippen LogP contribution in [0.2, 0.25) is 0 Å². The highest BCUT2D eigenvalue weighted by Gasteiger charge is 2.30. The first kappa shape index (κ1) is 7.68. The second-order valence-corrected chi connectivity index (χ2v) is 2.43. The highest BCUT2D eigenvalue weighted by atomic mass is 16.4. The molecule has 1 rings (SSSR count). The highest BCUT2D eigenvalue weighted by Crippen LogP contribution is 2.11. The van der Waals surface area contributed by atoms with Crippen LogP contribution in [0.25, 0.3) is 0 Å². The number of nitrogens with two attached hydrogens (primary N) is 1. The molecule has 1 aliphatic carbocycles. The van der Waals surface area contributed by atoms with Crippen LogP contribution in [0.4, 0.5) is 0 Å². The Morgan fingerprint density at radius 3 is 2.10 bits per heavy atom. The van der Waals surface area contributed by atoms with Gasteiger partial charge in [0.1, 0.15) is 18.3 Å². The summed E-state index contributed by atoms with van der Waals surface area (Å²) in [6.07, 6.45) is -0.348. The molecule has 0 saturated heterocycles. The standard InChI is InChI=1S/C6H11NO3/c7-3-1-2-4(8)6(10)5(3)9/h1-6,8-10H,7H2/t3-,4+,5+,6-/m0/s1. The molecular weight excluding hydrogens is 134 g/mol. The maximum absolute atomic E-state index is 9.03. The van der Waals surface area contributed by atoms with Crippen molar-refractivity contribution in [1.82, 2.24) is 0 Å². The van der Waals surface area contributed by atoms with Crippen molar-refractivity contribution in [2.24, 2.45) is 5.73 Å². The average Bonchev–Trinajstić information content (AvgIpc) is 1.93. The summed E-state index contributed by atoms with van der Waals surface area (Å²) in [6, 6.07) is -0.571. The van der Waals surface area contributed by atoms with Crippen LogP contribution in [0.3, 0.4) is 0 Å². The van der Waals surface area contributed by atoms with Crippen LogP contribution in [0.5, 0.6) is 0 Å². The van der Waals surface area contributed by atoms with Crippen molar-refractivity contribution >= 4 is 0 Å². The molecule has 0 aliphatic heterocycles. The minimum atomic E-state index is -1.15. The van der Waals surface area contributed by atoms with Crippen LogP contribution in [-0.2, 0) is 0 Å². The quantitative estimate of drug-likeness (QED) is 0.296. The molecule has 58 valence electrons. The highest BCUT2D eigenvalue weighted by molar-refractivity contribution is 5.09. The van der Waals surface area contributed by atoms with Gasteiger partial charge in [0.2, 0.25) is 0 Å². The van der Waals surface area contributed by atoms with E-state index in [2.05, 4.69) is 0 Å². The molecule has 10 heavy (non-hydrogen) atoms. The van der Waals surface area contributed by atoms with Crippen molar-refractivity contribution in [3.05, 3.63) is 12.2 Å². The summed E-state index contributed by atoms with van der Waals surface area (Å²) in [6.45, 7) is 0. The van der Waals surface area contributed by atoms with Gasteiger partial charge in [0.05, 0.1) is 6.04 Å². The minimum Gasteiger partial charge on any atom is -0.388 e. The molecule has 0 aromatic heterocycles. The third-order valence-corrected chi connectivity index (χ3v) is 1.62. The predicted octanol–water partition coefficient (Wildman–Crippen LogP) is -2.03. The van der Waals surface area contributed by atoms with E-state index in [0.717, 1.165) is 0 Å². The largest absolute Gasteiger partial charge is 0.388 e. The zero-order chi connectivity index (χ0) is 7.72. The number of hydrogen-bond donors (Lipinski definition) is 4. The van der Waals surface area contributed by atoms with E-state index in [4.69, 9.17) is 21.1 Å². The molecule has 0 amide bonds. The fourth-order valence-electron chi connectivity index (χ4n) is 0.900. The van der Waals surface area contributed by atoms with E-state index in [1.165, 1.54) is 12.2 Å². The van der Waals surface area contributed by atoms with E-state index in [-0.39, 0.29) is 0 Å². The van der Waals surface area contributed by atoms with Crippen LogP contribution in [0.1, 0.15) is 0 Å². The van der Waals surface area contributed by atoms with E-state index in [9.17, 15) is 0 Å². The molecule has 0 aromatic rings. The topological polar surface area (TPSA) is 86.7 Å². The van der Waals surface area contributed by atoms with E-state index in [1.54, 1.807) is 0 Å². The summed E-state index contributed by atoms with van der Waals surface area (Å²) in [7, 11) is 0. The smallest absolute Gasteiger partial charge is 0.111 e. The third-order valence-electron chi connectivity index (χ3n) is 1.62. The molecular formula is C6H11NO3.